The van der Waals surface area contributed by atoms with Gasteiger partial charge in [0.05, 0.1) is 5.69 Å². The molecule has 4 heterocycles. The molecule has 5 rings (SSSR count). The largest absolute Gasteiger partial charge is 0.573 e. The van der Waals surface area contributed by atoms with Crippen LogP contribution in [0.2, 0.25) is 0 Å². The number of rotatable bonds is 6. The van der Waals surface area contributed by atoms with Crippen LogP contribution in [0.3, 0.4) is 0 Å². The maximum atomic E-state index is 14.1. The van der Waals surface area contributed by atoms with Crippen molar-refractivity contribution in [2.45, 2.75) is 31.7 Å². The van der Waals surface area contributed by atoms with E-state index in [1.807, 2.05) is 12.1 Å². The highest BCUT2D eigenvalue weighted by Gasteiger charge is 2.32. The molecule has 0 spiro atoms. The summed E-state index contributed by atoms with van der Waals surface area (Å²) in [4.78, 5) is 8.91. The molecule has 0 unspecified atom stereocenters. The second kappa shape index (κ2) is 9.45. The van der Waals surface area contributed by atoms with Gasteiger partial charge in [-0.1, -0.05) is 6.07 Å². The lowest BCUT2D eigenvalue weighted by Gasteiger charge is -2.23. The van der Waals surface area contributed by atoms with E-state index < -0.39 is 17.9 Å². The van der Waals surface area contributed by atoms with Crippen molar-refractivity contribution in [1.29, 1.82) is 0 Å². The first-order chi connectivity index (χ1) is 16.8. The molecular formula is C23H20F4N6O2. The smallest absolute Gasteiger partial charge is 0.403 e. The summed E-state index contributed by atoms with van der Waals surface area (Å²) in [6.45, 7) is 1.42. The topological polar surface area (TPSA) is 86.5 Å². The molecule has 1 N–H and O–H groups in total. The fourth-order valence-electron chi connectivity index (χ4n) is 3.88. The lowest BCUT2D eigenvalue weighted by atomic mass is 10.1. The third-order valence-electron chi connectivity index (χ3n) is 5.57. The van der Waals surface area contributed by atoms with Crippen molar-refractivity contribution in [2.24, 2.45) is 0 Å². The summed E-state index contributed by atoms with van der Waals surface area (Å²) in [7, 11) is 0. The average molecular weight is 488 g/mol. The Labute approximate surface area is 196 Å². The minimum atomic E-state index is -4.96. The minimum absolute atomic E-state index is 0.163. The maximum absolute atomic E-state index is 14.1. The van der Waals surface area contributed by atoms with Gasteiger partial charge in [0, 0.05) is 43.6 Å². The molecule has 1 fully saturated rings. The number of fused-ring (bicyclic) bond motifs is 1. The molecule has 0 aliphatic carbocycles. The van der Waals surface area contributed by atoms with Crippen LogP contribution in [-0.2, 0) is 11.2 Å². The highest BCUT2D eigenvalue weighted by atomic mass is 19.4. The van der Waals surface area contributed by atoms with E-state index in [1.165, 1.54) is 6.07 Å². The van der Waals surface area contributed by atoms with E-state index in [-0.39, 0.29) is 12.5 Å². The summed E-state index contributed by atoms with van der Waals surface area (Å²) in [6.07, 6.45) is 0.439. The number of nitrogens with zero attached hydrogens (tertiary/aromatic N) is 5. The van der Waals surface area contributed by atoms with E-state index in [2.05, 4.69) is 30.2 Å². The highest BCUT2D eigenvalue weighted by Crippen LogP contribution is 2.27. The van der Waals surface area contributed by atoms with Crippen LogP contribution >= 0.6 is 0 Å². The molecule has 1 aliphatic rings. The van der Waals surface area contributed by atoms with Gasteiger partial charge in [-0.25, -0.2) is 14.4 Å². The number of anilines is 1. The number of ether oxygens (including phenoxy) is 2. The number of hydrogen-bond acceptors (Lipinski definition) is 7. The molecule has 1 aliphatic heterocycles. The standard InChI is InChI=1S/C23H20F4N6O2/c24-17-11-14(1-2-19(17)35-23(25,26)27)12-20-31-32-21-13-15(4-8-33(20)21)18-3-7-28-22(30-18)29-16-5-9-34-10-6-16/h1-4,7-8,11,13,16H,5-6,9-10,12H2,(H,28,29,30). The van der Waals surface area contributed by atoms with Crippen molar-refractivity contribution in [3.8, 4) is 17.0 Å². The number of aromatic nitrogens is 5. The van der Waals surface area contributed by atoms with Crippen LogP contribution in [-0.4, -0.2) is 50.2 Å². The lowest BCUT2D eigenvalue weighted by molar-refractivity contribution is -0.275. The van der Waals surface area contributed by atoms with Gasteiger partial charge in [0.2, 0.25) is 5.95 Å². The van der Waals surface area contributed by atoms with Gasteiger partial charge in [-0.05, 0) is 48.7 Å². The molecule has 0 radical (unpaired) electrons. The Hall–Kier alpha value is -3.80. The first kappa shape index (κ1) is 23.0. The predicted octanol–water partition coefficient (Wildman–Crippen LogP) is 4.41. The first-order valence-electron chi connectivity index (χ1n) is 10.9. The summed E-state index contributed by atoms with van der Waals surface area (Å²) in [5, 5.41) is 11.7. The van der Waals surface area contributed by atoms with Crippen molar-refractivity contribution in [3.05, 3.63) is 66.0 Å². The molecule has 8 nitrogen and oxygen atoms in total. The minimum Gasteiger partial charge on any atom is -0.403 e. The van der Waals surface area contributed by atoms with Crippen molar-refractivity contribution >= 4 is 11.6 Å². The zero-order valence-corrected chi connectivity index (χ0v) is 18.3. The van der Waals surface area contributed by atoms with E-state index in [0.717, 1.165) is 30.5 Å². The molecule has 3 aromatic heterocycles. The molecule has 0 bridgehead atoms. The number of pyridine rings is 1. The molecule has 0 atom stereocenters. The third-order valence-corrected chi connectivity index (χ3v) is 5.57. The Morgan fingerprint density at radius 3 is 2.69 bits per heavy atom. The van der Waals surface area contributed by atoms with E-state index in [0.29, 0.717) is 41.9 Å². The molecule has 4 aromatic rings. The quantitative estimate of drug-likeness (QED) is 0.403. The maximum Gasteiger partial charge on any atom is 0.573 e. The van der Waals surface area contributed by atoms with Crippen molar-refractivity contribution in [3.63, 3.8) is 0 Å². The Morgan fingerprint density at radius 2 is 1.91 bits per heavy atom. The van der Waals surface area contributed by atoms with Gasteiger partial charge in [-0.2, -0.15) is 0 Å². The Morgan fingerprint density at radius 1 is 1.09 bits per heavy atom. The van der Waals surface area contributed by atoms with Crippen LogP contribution in [0.4, 0.5) is 23.5 Å². The molecule has 1 saturated heterocycles. The van der Waals surface area contributed by atoms with Gasteiger partial charge in [-0.3, -0.25) is 4.40 Å². The zero-order chi connectivity index (χ0) is 24.4. The number of nitrogens with one attached hydrogen (secondary N) is 1. The fourth-order valence-corrected chi connectivity index (χ4v) is 3.88. The number of hydrogen-bond donors (Lipinski definition) is 1. The second-order valence-electron chi connectivity index (χ2n) is 8.05. The molecular weight excluding hydrogens is 468 g/mol. The molecule has 12 heteroatoms. The zero-order valence-electron chi connectivity index (χ0n) is 18.3. The SMILES string of the molecule is Fc1cc(Cc2nnc3cc(-c4ccnc(NC5CCOCC5)n4)ccn23)ccc1OC(F)(F)F. The molecule has 0 amide bonds. The number of alkyl halides is 3. The average Bonchev–Trinajstić information content (AvgIpc) is 3.23. The van der Waals surface area contributed by atoms with E-state index >= 15 is 0 Å². The van der Waals surface area contributed by atoms with Crippen molar-refractivity contribution < 1.29 is 27.0 Å². The summed E-state index contributed by atoms with van der Waals surface area (Å²) < 4.78 is 61.9. The van der Waals surface area contributed by atoms with Gasteiger partial charge < -0.3 is 14.8 Å². The summed E-state index contributed by atoms with van der Waals surface area (Å²) in [6, 6.07) is 9.02. The van der Waals surface area contributed by atoms with Crippen LogP contribution in [0.5, 0.6) is 5.75 Å². The second-order valence-corrected chi connectivity index (χ2v) is 8.05. The highest BCUT2D eigenvalue weighted by molar-refractivity contribution is 5.64. The molecule has 1 aromatic carbocycles. The normalized spacial score (nSPS) is 14.9. The van der Waals surface area contributed by atoms with Gasteiger partial charge >= 0.3 is 6.36 Å². The summed E-state index contributed by atoms with van der Waals surface area (Å²) in [5.41, 5.74) is 2.50. The van der Waals surface area contributed by atoms with Crippen LogP contribution in [0.25, 0.3) is 16.9 Å². The van der Waals surface area contributed by atoms with E-state index in [4.69, 9.17) is 4.74 Å². The van der Waals surface area contributed by atoms with Crippen LogP contribution < -0.4 is 10.1 Å². The lowest BCUT2D eigenvalue weighted by Crippen LogP contribution is -2.28. The van der Waals surface area contributed by atoms with Gasteiger partial charge in [0.1, 0.15) is 5.82 Å². The van der Waals surface area contributed by atoms with Crippen molar-refractivity contribution in [1.82, 2.24) is 24.6 Å². The molecule has 182 valence electrons. The predicted molar refractivity (Wildman–Crippen MR) is 117 cm³/mol. The summed E-state index contributed by atoms with van der Waals surface area (Å²) in [5.74, 6) is -0.950. The van der Waals surface area contributed by atoms with Gasteiger partial charge in [0.25, 0.3) is 0 Å². The number of benzene rings is 1. The molecule has 35 heavy (non-hydrogen) atoms. The monoisotopic (exact) mass is 488 g/mol. The van der Waals surface area contributed by atoms with E-state index in [1.54, 1.807) is 22.9 Å². The van der Waals surface area contributed by atoms with Gasteiger partial charge in [0.15, 0.2) is 17.2 Å². The first-order valence-corrected chi connectivity index (χ1v) is 10.9. The number of halogens is 4. The van der Waals surface area contributed by atoms with E-state index in [9.17, 15) is 17.6 Å². The van der Waals surface area contributed by atoms with Crippen LogP contribution in [0.15, 0.2) is 48.8 Å². The Bertz CT molecular complexity index is 1340. The Balaban J connectivity index is 1.33. The molecule has 0 saturated carbocycles. The fraction of sp³-hybridized carbons (Fsp3) is 0.304. The van der Waals surface area contributed by atoms with Crippen molar-refractivity contribution in [2.75, 3.05) is 18.5 Å². The van der Waals surface area contributed by atoms with Crippen LogP contribution in [0.1, 0.15) is 24.2 Å². The van der Waals surface area contributed by atoms with Crippen LogP contribution in [0, 0.1) is 5.82 Å². The third kappa shape index (κ3) is 5.48. The van der Waals surface area contributed by atoms with Gasteiger partial charge in [-0.15, -0.1) is 23.4 Å². The Kier molecular flexibility index (Phi) is 6.20. The summed E-state index contributed by atoms with van der Waals surface area (Å²) >= 11 is 0.